The van der Waals surface area contributed by atoms with Crippen LogP contribution in [0.3, 0.4) is 0 Å². The van der Waals surface area contributed by atoms with E-state index < -0.39 is 36.3 Å². The molecule has 0 bridgehead atoms. The predicted octanol–water partition coefficient (Wildman–Crippen LogP) is -0.0609. The molecule has 12 nitrogen and oxygen atoms in total. The average Bonchev–Trinajstić information content (AvgIpc) is 3.17. The molecular formula is C21H22N6O6S2. The molecule has 2 aromatic heterocycles. The maximum atomic E-state index is 13.4. The second-order valence-corrected chi connectivity index (χ2v) is 12.0. The predicted molar refractivity (Wildman–Crippen MR) is 130 cm³/mol. The molecule has 0 amide bonds. The Bertz CT molecular complexity index is 1800. The molecule has 0 radical (unpaired) electrons. The summed E-state index contributed by atoms with van der Waals surface area (Å²) in [7, 11) is -7.92. The first kappa shape index (κ1) is 24.3. The molecule has 35 heavy (non-hydrogen) atoms. The van der Waals surface area contributed by atoms with Crippen LogP contribution in [0.2, 0.25) is 0 Å². The van der Waals surface area contributed by atoms with Crippen molar-refractivity contribution in [2.45, 2.75) is 31.7 Å². The number of aromatic nitrogens is 2. The van der Waals surface area contributed by atoms with E-state index in [0.717, 1.165) is 12.3 Å². The Morgan fingerprint density at radius 3 is 2.54 bits per heavy atom. The number of nitrogens with one attached hydrogen (secondary N) is 3. The average molecular weight is 519 g/mol. The fourth-order valence-electron chi connectivity index (χ4n) is 3.73. The second kappa shape index (κ2) is 8.43. The summed E-state index contributed by atoms with van der Waals surface area (Å²) in [5.74, 6) is -0.0873. The monoisotopic (exact) mass is 518 g/mol. The van der Waals surface area contributed by atoms with Crippen LogP contribution in [-0.2, 0) is 26.6 Å². The number of hydrogen-bond acceptors (Lipinski definition) is 8. The number of benzene rings is 1. The Morgan fingerprint density at radius 2 is 1.91 bits per heavy atom. The summed E-state index contributed by atoms with van der Waals surface area (Å²) in [5.41, 5.74) is -1.17. The van der Waals surface area contributed by atoms with Crippen molar-refractivity contribution in [2.24, 2.45) is 5.92 Å². The number of anilines is 2. The highest BCUT2D eigenvalue weighted by Gasteiger charge is 2.28. The van der Waals surface area contributed by atoms with Gasteiger partial charge in [0.2, 0.25) is 15.5 Å². The van der Waals surface area contributed by atoms with Crippen molar-refractivity contribution in [3.8, 4) is 6.07 Å². The van der Waals surface area contributed by atoms with Crippen LogP contribution in [0.1, 0.15) is 25.8 Å². The summed E-state index contributed by atoms with van der Waals surface area (Å²) < 4.78 is 56.1. The van der Waals surface area contributed by atoms with E-state index in [1.54, 1.807) is 0 Å². The molecule has 1 aliphatic heterocycles. The topological polar surface area (TPSA) is 172 Å². The van der Waals surface area contributed by atoms with Crippen LogP contribution in [0.4, 0.5) is 11.4 Å². The molecular weight excluding hydrogens is 496 g/mol. The molecule has 0 atom stereocenters. The Morgan fingerprint density at radius 1 is 1.20 bits per heavy atom. The van der Waals surface area contributed by atoms with E-state index in [1.165, 1.54) is 33.6 Å². The number of nitrogens with zero attached hydrogens (tertiary/aromatic N) is 3. The molecule has 1 aliphatic rings. The molecule has 3 N–H and O–H groups in total. The van der Waals surface area contributed by atoms with E-state index in [1.807, 2.05) is 19.9 Å². The first-order valence-electron chi connectivity index (χ1n) is 10.5. The van der Waals surface area contributed by atoms with E-state index in [-0.39, 0.29) is 45.6 Å². The fourth-order valence-corrected chi connectivity index (χ4v) is 5.51. The van der Waals surface area contributed by atoms with E-state index in [0.29, 0.717) is 6.42 Å². The van der Waals surface area contributed by atoms with E-state index >= 15 is 0 Å². The highest BCUT2D eigenvalue weighted by atomic mass is 32.2. The van der Waals surface area contributed by atoms with Crippen molar-refractivity contribution in [2.75, 3.05) is 16.3 Å². The van der Waals surface area contributed by atoms with Gasteiger partial charge in [-0.25, -0.2) is 21.5 Å². The molecule has 3 aromatic rings. The molecule has 0 spiro atoms. The normalized spacial score (nSPS) is 16.3. The Labute approximate surface area is 200 Å². The quantitative estimate of drug-likeness (QED) is 0.421. The van der Waals surface area contributed by atoms with Crippen molar-refractivity contribution < 1.29 is 16.8 Å². The zero-order valence-electron chi connectivity index (χ0n) is 19.0. The maximum Gasteiger partial charge on any atom is 0.280 e. The lowest BCUT2D eigenvalue weighted by atomic mass is 10.1. The van der Waals surface area contributed by atoms with Crippen LogP contribution in [0.25, 0.3) is 11.3 Å². The van der Waals surface area contributed by atoms with Gasteiger partial charge >= 0.3 is 0 Å². The SMILES string of the molecule is CC(C)CCn1c(=O)/c(=C2\Nc3ccc(NS(C)(=O)=O)cc3S(=O)(=O)N2)c(=O)c2cc(C#N)cn21. The van der Waals surface area contributed by atoms with Gasteiger partial charge in [-0.05, 0) is 36.6 Å². The van der Waals surface area contributed by atoms with Crippen molar-refractivity contribution in [3.63, 3.8) is 0 Å². The van der Waals surface area contributed by atoms with Crippen LogP contribution in [0.5, 0.6) is 0 Å². The summed E-state index contributed by atoms with van der Waals surface area (Å²) in [6.45, 7) is 4.17. The van der Waals surface area contributed by atoms with Crippen LogP contribution in [-0.4, -0.2) is 32.3 Å². The van der Waals surface area contributed by atoms with Gasteiger partial charge in [-0.3, -0.25) is 23.5 Å². The van der Waals surface area contributed by atoms with E-state index in [9.17, 15) is 31.7 Å². The van der Waals surface area contributed by atoms with Gasteiger partial charge in [0.1, 0.15) is 27.5 Å². The number of aryl methyl sites for hydroxylation is 1. The lowest BCUT2D eigenvalue weighted by Crippen LogP contribution is -2.52. The van der Waals surface area contributed by atoms with Gasteiger partial charge in [0.25, 0.3) is 15.6 Å². The zero-order chi connectivity index (χ0) is 25.7. The highest BCUT2D eigenvalue weighted by Crippen LogP contribution is 2.30. The minimum Gasteiger partial charge on any atom is -0.339 e. The summed E-state index contributed by atoms with van der Waals surface area (Å²) in [6, 6.07) is 7.08. The summed E-state index contributed by atoms with van der Waals surface area (Å²) in [4.78, 5) is 26.5. The lowest BCUT2D eigenvalue weighted by Gasteiger charge is -2.23. The van der Waals surface area contributed by atoms with Crippen molar-refractivity contribution in [3.05, 3.63) is 61.8 Å². The molecule has 0 aliphatic carbocycles. The molecule has 0 unspecified atom stereocenters. The zero-order valence-corrected chi connectivity index (χ0v) is 20.6. The Balaban J connectivity index is 1.98. The van der Waals surface area contributed by atoms with Crippen molar-refractivity contribution in [1.82, 2.24) is 13.9 Å². The van der Waals surface area contributed by atoms with Gasteiger partial charge in [0.15, 0.2) is 0 Å². The standard InChI is InChI=1S/C21H22N6O6S2/c1-12(2)6-7-26-21(29)18(19(28)16-8-13(10-22)11-27(16)26)20-23-15-5-4-14(24-34(3,30)31)9-17(15)35(32,33)25-20/h4-5,8-9,11-12,23-25H,6-7H2,1-3H3/b20-18+. The molecule has 184 valence electrons. The summed E-state index contributed by atoms with van der Waals surface area (Å²) in [5, 5.41) is 11.7. The first-order chi connectivity index (χ1) is 16.3. The number of sulfonamides is 2. The van der Waals surface area contributed by atoms with Crippen LogP contribution in [0, 0.1) is 17.2 Å². The van der Waals surface area contributed by atoms with Gasteiger partial charge in [0.05, 0.1) is 17.5 Å². The highest BCUT2D eigenvalue weighted by molar-refractivity contribution is 7.92. The summed E-state index contributed by atoms with van der Waals surface area (Å²) in [6.07, 6.45) is 2.91. The summed E-state index contributed by atoms with van der Waals surface area (Å²) >= 11 is 0. The van der Waals surface area contributed by atoms with Crippen molar-refractivity contribution in [1.29, 1.82) is 5.26 Å². The molecule has 14 heteroatoms. The third-order valence-electron chi connectivity index (χ3n) is 5.34. The maximum absolute atomic E-state index is 13.4. The molecule has 1 aromatic carbocycles. The largest absolute Gasteiger partial charge is 0.339 e. The first-order valence-corrected chi connectivity index (χ1v) is 13.8. The molecule has 0 fully saturated rings. The third kappa shape index (κ3) is 4.60. The molecule has 0 saturated carbocycles. The van der Waals surface area contributed by atoms with Gasteiger partial charge in [-0.1, -0.05) is 13.8 Å². The van der Waals surface area contributed by atoms with Crippen LogP contribution < -0.4 is 31.0 Å². The second-order valence-electron chi connectivity index (χ2n) is 8.58. The minimum absolute atomic E-state index is 0.0288. The van der Waals surface area contributed by atoms with Crippen molar-refractivity contribution >= 4 is 42.8 Å². The van der Waals surface area contributed by atoms with E-state index in [4.69, 9.17) is 0 Å². The molecule has 0 saturated heterocycles. The van der Waals surface area contributed by atoms with Gasteiger partial charge in [-0.15, -0.1) is 0 Å². The van der Waals surface area contributed by atoms with Crippen LogP contribution in [0.15, 0.2) is 44.9 Å². The molecule has 3 heterocycles. The number of fused-ring (bicyclic) bond motifs is 2. The van der Waals surface area contributed by atoms with Crippen LogP contribution >= 0.6 is 0 Å². The number of rotatable bonds is 5. The fraction of sp³-hybridized carbons (Fsp3) is 0.286. The minimum atomic E-state index is -4.27. The lowest BCUT2D eigenvalue weighted by molar-refractivity contribution is 0.455. The van der Waals surface area contributed by atoms with E-state index in [2.05, 4.69) is 14.8 Å². The Kier molecular flexibility index (Phi) is 5.86. The van der Waals surface area contributed by atoms with Gasteiger partial charge in [-0.2, -0.15) is 5.26 Å². The van der Waals surface area contributed by atoms with Gasteiger partial charge in [0, 0.05) is 18.4 Å². The number of hydrogen-bond donors (Lipinski definition) is 3. The number of nitriles is 1. The van der Waals surface area contributed by atoms with Gasteiger partial charge < -0.3 is 5.32 Å². The smallest absolute Gasteiger partial charge is 0.280 e. The third-order valence-corrected chi connectivity index (χ3v) is 7.33. The Hall–Kier alpha value is -3.83. The molecule has 4 rings (SSSR count).